The Morgan fingerprint density at radius 2 is 0.727 bits per heavy atom. The van der Waals surface area contributed by atoms with E-state index in [4.69, 9.17) is 4.42 Å². The van der Waals surface area contributed by atoms with E-state index in [0.717, 1.165) is 16.7 Å². The highest BCUT2D eigenvalue weighted by Crippen LogP contribution is 2.69. The van der Waals surface area contributed by atoms with Crippen molar-refractivity contribution in [1.82, 2.24) is 10.2 Å². The average Bonchev–Trinajstić information content (AvgIpc) is 3.96. The van der Waals surface area contributed by atoms with Gasteiger partial charge in [0.05, 0.1) is 10.8 Å². The van der Waals surface area contributed by atoms with Gasteiger partial charge in [-0.25, -0.2) is 0 Å². The molecule has 8 aromatic carbocycles. The van der Waals surface area contributed by atoms with Gasteiger partial charge < -0.3 is 4.42 Å². The second-order valence-electron chi connectivity index (χ2n) is 14.8. The summed E-state index contributed by atoms with van der Waals surface area (Å²) < 4.78 is 6.16. The van der Waals surface area contributed by atoms with Gasteiger partial charge in [-0.2, -0.15) is 0 Å². The average molecular weight is 701 g/mol. The molecule has 256 valence electrons. The van der Waals surface area contributed by atoms with E-state index >= 15 is 0 Å². The van der Waals surface area contributed by atoms with Gasteiger partial charge in [-0.05, 0) is 102 Å². The van der Waals surface area contributed by atoms with Crippen LogP contribution in [0.3, 0.4) is 0 Å². The van der Waals surface area contributed by atoms with Crippen LogP contribution >= 0.6 is 0 Å². The summed E-state index contributed by atoms with van der Waals surface area (Å²) in [6, 6.07) is 71.1. The number of aromatic nitrogens is 2. The Bertz CT molecular complexity index is 2980. The van der Waals surface area contributed by atoms with Gasteiger partial charge in [-0.3, -0.25) is 0 Å². The predicted molar refractivity (Wildman–Crippen MR) is 219 cm³/mol. The van der Waals surface area contributed by atoms with Gasteiger partial charge in [-0.15, -0.1) is 10.2 Å². The lowest BCUT2D eigenvalue weighted by atomic mass is 9.52. The number of rotatable bonds is 4. The van der Waals surface area contributed by atoms with Crippen LogP contribution in [0.1, 0.15) is 44.5 Å². The van der Waals surface area contributed by atoms with Crippen LogP contribution in [0.2, 0.25) is 0 Å². The van der Waals surface area contributed by atoms with Crippen LogP contribution < -0.4 is 0 Å². The monoisotopic (exact) mass is 700 g/mol. The summed E-state index contributed by atoms with van der Waals surface area (Å²) in [5.41, 5.74) is 19.0. The van der Waals surface area contributed by atoms with Gasteiger partial charge in [0.1, 0.15) is 0 Å². The first kappa shape index (κ1) is 30.4. The van der Waals surface area contributed by atoms with E-state index in [1.807, 2.05) is 30.3 Å². The lowest BCUT2D eigenvalue weighted by Gasteiger charge is -2.48. The third-order valence-corrected chi connectivity index (χ3v) is 12.4. The molecule has 0 radical (unpaired) electrons. The van der Waals surface area contributed by atoms with Gasteiger partial charge in [0.25, 0.3) is 0 Å². The molecule has 0 amide bonds. The highest BCUT2D eigenvalue weighted by Gasteiger charge is 2.60. The van der Waals surface area contributed by atoms with Crippen molar-refractivity contribution in [2.24, 2.45) is 0 Å². The zero-order valence-electron chi connectivity index (χ0n) is 29.8. The Hall–Kier alpha value is -7.10. The predicted octanol–water partition coefficient (Wildman–Crippen LogP) is 12.1. The standard InChI is InChI=1S/C52H32N2O/c1-3-15-34(16-4-1)49-53-54-50(55-49)35-31-29-33(30-32-35)37-21-13-22-40-38-19-8-10-25-43(38)52(47(37)40)45-27-12-11-26-44(45)51(36-17-5-2-6-18-36)42-24-9-7-20-39(42)41-23-14-28-46(52)48(41)51/h1-32H. The smallest absolute Gasteiger partial charge is 0.248 e. The molecule has 0 saturated heterocycles. The van der Waals surface area contributed by atoms with Crippen LogP contribution in [0.15, 0.2) is 199 Å². The summed E-state index contributed by atoms with van der Waals surface area (Å²) in [5.74, 6) is 1.02. The Balaban J connectivity index is 1.14. The number of hydrogen-bond acceptors (Lipinski definition) is 3. The largest absolute Gasteiger partial charge is 0.416 e. The number of benzene rings is 8. The molecule has 0 N–H and O–H groups in total. The maximum atomic E-state index is 6.16. The molecule has 1 heterocycles. The Morgan fingerprint density at radius 3 is 1.40 bits per heavy atom. The lowest BCUT2D eigenvalue weighted by Crippen LogP contribution is -2.43. The molecule has 2 unspecified atom stereocenters. The molecule has 12 rings (SSSR count). The molecule has 0 aliphatic heterocycles. The second kappa shape index (κ2) is 11.2. The van der Waals surface area contributed by atoms with Crippen molar-refractivity contribution in [3.05, 3.63) is 239 Å². The first-order valence-corrected chi connectivity index (χ1v) is 18.9. The maximum Gasteiger partial charge on any atom is 0.248 e. The van der Waals surface area contributed by atoms with E-state index < -0.39 is 10.8 Å². The molecular weight excluding hydrogens is 669 g/mol. The molecule has 3 aliphatic rings. The molecule has 0 bridgehead atoms. The van der Waals surface area contributed by atoms with E-state index in [1.54, 1.807) is 0 Å². The molecule has 9 aromatic rings. The molecule has 55 heavy (non-hydrogen) atoms. The fourth-order valence-corrected chi connectivity index (χ4v) is 10.4. The third kappa shape index (κ3) is 3.84. The van der Waals surface area contributed by atoms with Crippen molar-refractivity contribution in [2.75, 3.05) is 0 Å². The molecule has 2 atom stereocenters. The fraction of sp³-hybridized carbons (Fsp3) is 0.0385. The molecule has 3 nitrogen and oxygen atoms in total. The van der Waals surface area contributed by atoms with E-state index in [-0.39, 0.29) is 0 Å². The van der Waals surface area contributed by atoms with Crippen molar-refractivity contribution >= 4 is 0 Å². The van der Waals surface area contributed by atoms with Gasteiger partial charge in [0.15, 0.2) is 0 Å². The van der Waals surface area contributed by atoms with Crippen molar-refractivity contribution in [3.63, 3.8) is 0 Å². The topological polar surface area (TPSA) is 38.9 Å². The first-order chi connectivity index (χ1) is 27.3. The minimum absolute atomic E-state index is 0.470. The Kier molecular flexibility index (Phi) is 6.19. The molecule has 3 heteroatoms. The van der Waals surface area contributed by atoms with Gasteiger partial charge in [0, 0.05) is 11.1 Å². The summed E-state index contributed by atoms with van der Waals surface area (Å²) in [6.07, 6.45) is 0. The fourth-order valence-electron chi connectivity index (χ4n) is 10.4. The van der Waals surface area contributed by atoms with Gasteiger partial charge in [0.2, 0.25) is 11.8 Å². The molecule has 3 aliphatic carbocycles. The van der Waals surface area contributed by atoms with Crippen LogP contribution in [-0.2, 0) is 10.8 Å². The van der Waals surface area contributed by atoms with Crippen LogP contribution in [-0.4, -0.2) is 10.2 Å². The van der Waals surface area contributed by atoms with Crippen LogP contribution in [0.5, 0.6) is 0 Å². The highest BCUT2D eigenvalue weighted by atomic mass is 16.4. The summed E-state index contributed by atoms with van der Waals surface area (Å²) in [7, 11) is 0. The number of nitrogens with zero attached hydrogens (tertiary/aromatic N) is 2. The van der Waals surface area contributed by atoms with Crippen LogP contribution in [0.25, 0.3) is 56.3 Å². The molecule has 0 saturated carbocycles. The Labute approximate surface area is 319 Å². The van der Waals surface area contributed by atoms with Crippen molar-refractivity contribution in [3.8, 4) is 56.3 Å². The van der Waals surface area contributed by atoms with Crippen LogP contribution in [0, 0.1) is 0 Å². The summed E-state index contributed by atoms with van der Waals surface area (Å²) in [4.78, 5) is 0. The number of fused-ring (bicyclic) bond motifs is 12. The minimum Gasteiger partial charge on any atom is -0.416 e. The summed E-state index contributed by atoms with van der Waals surface area (Å²) in [6.45, 7) is 0. The summed E-state index contributed by atoms with van der Waals surface area (Å²) >= 11 is 0. The quantitative estimate of drug-likeness (QED) is 0.183. The van der Waals surface area contributed by atoms with Crippen molar-refractivity contribution < 1.29 is 4.42 Å². The van der Waals surface area contributed by atoms with Crippen molar-refractivity contribution in [1.29, 1.82) is 0 Å². The Morgan fingerprint density at radius 1 is 0.291 bits per heavy atom. The minimum atomic E-state index is -0.569. The number of hydrogen-bond donors (Lipinski definition) is 0. The molecule has 1 spiro atoms. The first-order valence-electron chi connectivity index (χ1n) is 18.9. The van der Waals surface area contributed by atoms with Gasteiger partial charge in [-0.1, -0.05) is 170 Å². The van der Waals surface area contributed by atoms with Gasteiger partial charge >= 0.3 is 0 Å². The van der Waals surface area contributed by atoms with E-state index in [2.05, 4.69) is 174 Å². The third-order valence-electron chi connectivity index (χ3n) is 12.4. The zero-order valence-corrected chi connectivity index (χ0v) is 29.8. The zero-order chi connectivity index (χ0) is 36.1. The second-order valence-corrected chi connectivity index (χ2v) is 14.8. The summed E-state index contributed by atoms with van der Waals surface area (Å²) in [5, 5.41) is 8.78. The molecule has 0 fully saturated rings. The highest BCUT2D eigenvalue weighted by molar-refractivity contribution is 5.98. The van der Waals surface area contributed by atoms with E-state index in [1.165, 1.54) is 72.3 Å². The van der Waals surface area contributed by atoms with E-state index in [0.29, 0.717) is 11.8 Å². The normalized spacial score (nSPS) is 18.0. The SMILES string of the molecule is c1ccc(-c2nnc(-c3ccc(-c4cccc5c4C4(c6ccccc6-5)c5ccccc5C5(c6ccccc6)c6ccccc6-c6cccc4c65)cc3)o2)cc1. The molecule has 1 aromatic heterocycles. The maximum absolute atomic E-state index is 6.16. The van der Waals surface area contributed by atoms with Crippen LogP contribution in [0.4, 0.5) is 0 Å². The van der Waals surface area contributed by atoms with Crippen molar-refractivity contribution in [2.45, 2.75) is 10.8 Å². The van der Waals surface area contributed by atoms with E-state index in [9.17, 15) is 0 Å². The lowest BCUT2D eigenvalue weighted by molar-refractivity contribution is 0.584. The molecular formula is C52H32N2O.